The summed E-state index contributed by atoms with van der Waals surface area (Å²) >= 11 is 0. The van der Waals surface area contributed by atoms with E-state index in [1.165, 1.54) is 36.4 Å². The van der Waals surface area contributed by atoms with Crippen LogP contribution >= 0.6 is 0 Å². The topological polar surface area (TPSA) is 121 Å². The molecule has 4 rings (SSSR count). The molecule has 0 radical (unpaired) electrons. The van der Waals surface area contributed by atoms with Crippen LogP contribution in [0, 0.1) is 0 Å². The quantitative estimate of drug-likeness (QED) is 0.0530. The van der Waals surface area contributed by atoms with Crippen LogP contribution in [0.2, 0.25) is 0 Å². The van der Waals surface area contributed by atoms with E-state index in [-0.39, 0.29) is 23.0 Å². The van der Waals surface area contributed by atoms with Gasteiger partial charge in [0.1, 0.15) is 0 Å². The predicted octanol–water partition coefficient (Wildman–Crippen LogP) is 9.23. The van der Waals surface area contributed by atoms with E-state index in [9.17, 15) is 26.4 Å². The standard InChI is InChI=1S/C42H46O8S2/c1-3-5-7-15-29-49-41(43)39(51(45,46)37-17-11-9-12-18-37)31-33-21-25-35(26-22-33)36-27-23-34(24-28-36)32-40(42(44)50-30-16-8-6-4-2)52(47,48)38-19-13-10-14-20-38/h9-14,17-28,31-32H,3-8,15-16,29-30H2,1-2H3. The molecule has 0 atom stereocenters. The van der Waals surface area contributed by atoms with Crippen LogP contribution in [0.1, 0.15) is 76.3 Å². The largest absolute Gasteiger partial charge is 0.462 e. The van der Waals surface area contributed by atoms with Crippen molar-refractivity contribution in [1.29, 1.82) is 0 Å². The van der Waals surface area contributed by atoms with Crippen LogP contribution in [-0.2, 0) is 38.7 Å². The molecule has 0 aliphatic carbocycles. The van der Waals surface area contributed by atoms with Gasteiger partial charge in [-0.25, -0.2) is 26.4 Å². The molecule has 0 saturated carbocycles. The minimum absolute atomic E-state index is 0.00472. The van der Waals surface area contributed by atoms with Crippen LogP contribution in [0.4, 0.5) is 0 Å². The molecular formula is C42H46O8S2. The molecule has 0 bridgehead atoms. The zero-order chi connectivity index (χ0) is 37.4. The van der Waals surface area contributed by atoms with Crippen LogP contribution in [0.15, 0.2) is 129 Å². The van der Waals surface area contributed by atoms with Gasteiger partial charge in [-0.15, -0.1) is 0 Å². The number of carbonyl (C=O) groups excluding carboxylic acids is 2. The molecule has 0 aromatic heterocycles. The van der Waals surface area contributed by atoms with Gasteiger partial charge < -0.3 is 9.47 Å². The van der Waals surface area contributed by atoms with Crippen molar-refractivity contribution in [3.8, 4) is 11.1 Å². The summed E-state index contributed by atoms with van der Waals surface area (Å²) in [7, 11) is -8.32. The monoisotopic (exact) mass is 742 g/mol. The number of esters is 2. The molecule has 52 heavy (non-hydrogen) atoms. The summed E-state index contributed by atoms with van der Waals surface area (Å²) in [6.07, 6.45) is 9.75. The lowest BCUT2D eigenvalue weighted by molar-refractivity contribution is -0.139. The Bertz CT molecular complexity index is 1880. The fraction of sp³-hybridized carbons (Fsp3) is 0.286. The van der Waals surface area contributed by atoms with Crippen LogP contribution in [0.5, 0.6) is 0 Å². The maximum Gasteiger partial charge on any atom is 0.350 e. The second-order valence-electron chi connectivity index (χ2n) is 12.3. The fourth-order valence-electron chi connectivity index (χ4n) is 5.32. The number of unbranched alkanes of at least 4 members (excludes halogenated alkanes) is 6. The fourth-order valence-corrected chi connectivity index (χ4v) is 8.00. The molecule has 0 N–H and O–H groups in total. The van der Waals surface area contributed by atoms with Crippen molar-refractivity contribution in [2.75, 3.05) is 13.2 Å². The molecular weight excluding hydrogens is 697 g/mol. The molecule has 0 unspecified atom stereocenters. The minimum atomic E-state index is -4.16. The summed E-state index contributed by atoms with van der Waals surface area (Å²) in [5, 5.41) is 0. The smallest absolute Gasteiger partial charge is 0.350 e. The zero-order valence-electron chi connectivity index (χ0n) is 29.7. The highest BCUT2D eigenvalue weighted by atomic mass is 32.2. The molecule has 0 amide bonds. The number of hydrogen-bond acceptors (Lipinski definition) is 8. The molecule has 10 heteroatoms. The maximum absolute atomic E-state index is 13.5. The molecule has 0 fully saturated rings. The van der Waals surface area contributed by atoms with Crippen molar-refractivity contribution in [3.05, 3.63) is 130 Å². The van der Waals surface area contributed by atoms with E-state index in [2.05, 4.69) is 13.8 Å². The van der Waals surface area contributed by atoms with Gasteiger partial charge in [-0.05, 0) is 71.5 Å². The molecule has 0 spiro atoms. The van der Waals surface area contributed by atoms with E-state index in [1.54, 1.807) is 84.9 Å². The third-order valence-corrected chi connectivity index (χ3v) is 11.8. The first-order valence-electron chi connectivity index (χ1n) is 17.7. The SMILES string of the molecule is CCCCCCOC(=O)C(=Cc1ccc(-c2ccc(C=C(C(=O)OCCCCCC)S(=O)(=O)c3ccccc3)cc2)cc1)S(=O)(=O)c1ccccc1. The lowest BCUT2D eigenvalue weighted by atomic mass is 10.0. The lowest BCUT2D eigenvalue weighted by Gasteiger charge is -2.11. The third kappa shape index (κ3) is 11.1. The summed E-state index contributed by atoms with van der Waals surface area (Å²) < 4.78 is 65.0. The van der Waals surface area contributed by atoms with Gasteiger partial charge >= 0.3 is 11.9 Å². The number of ether oxygens (including phenoxy) is 2. The number of benzene rings is 4. The first kappa shape index (κ1) is 40.0. The van der Waals surface area contributed by atoms with Crippen molar-refractivity contribution < 1.29 is 35.9 Å². The third-order valence-electron chi connectivity index (χ3n) is 8.30. The number of sulfone groups is 2. The van der Waals surface area contributed by atoms with Crippen molar-refractivity contribution in [1.82, 2.24) is 0 Å². The van der Waals surface area contributed by atoms with Gasteiger partial charge in [0, 0.05) is 0 Å². The molecule has 0 heterocycles. The minimum Gasteiger partial charge on any atom is -0.462 e. The molecule has 8 nitrogen and oxygen atoms in total. The number of rotatable bonds is 19. The Morgan fingerprint density at radius 2 is 0.827 bits per heavy atom. The van der Waals surface area contributed by atoms with Crippen molar-refractivity contribution in [3.63, 3.8) is 0 Å². The van der Waals surface area contributed by atoms with Crippen molar-refractivity contribution >= 4 is 43.8 Å². The van der Waals surface area contributed by atoms with Crippen molar-refractivity contribution in [2.45, 2.75) is 75.0 Å². The van der Waals surface area contributed by atoms with Gasteiger partial charge in [0.25, 0.3) is 0 Å². The predicted molar refractivity (Wildman–Crippen MR) is 205 cm³/mol. The van der Waals surface area contributed by atoms with Gasteiger partial charge in [-0.2, -0.15) is 0 Å². The van der Waals surface area contributed by atoms with E-state index in [4.69, 9.17) is 9.47 Å². The summed E-state index contributed by atoms with van der Waals surface area (Å²) in [4.78, 5) is 25.4. The Labute approximate surface area is 308 Å². The molecule has 4 aromatic carbocycles. The molecule has 274 valence electrons. The highest BCUT2D eigenvalue weighted by Gasteiger charge is 2.29. The van der Waals surface area contributed by atoms with Gasteiger partial charge in [-0.1, -0.05) is 137 Å². The van der Waals surface area contributed by atoms with Gasteiger partial charge in [-0.3, -0.25) is 0 Å². The second-order valence-corrected chi connectivity index (χ2v) is 16.1. The van der Waals surface area contributed by atoms with E-state index in [0.717, 1.165) is 49.7 Å². The Balaban J connectivity index is 1.59. The first-order chi connectivity index (χ1) is 25.1. The normalized spacial score (nSPS) is 12.3. The lowest BCUT2D eigenvalue weighted by Crippen LogP contribution is -2.17. The summed E-state index contributed by atoms with van der Waals surface area (Å²) in [5.41, 5.74) is 2.57. The summed E-state index contributed by atoms with van der Waals surface area (Å²) in [5.74, 6) is -1.80. The van der Waals surface area contributed by atoms with E-state index < -0.39 is 41.4 Å². The second kappa shape index (κ2) is 19.7. The van der Waals surface area contributed by atoms with E-state index in [0.29, 0.717) is 24.0 Å². The van der Waals surface area contributed by atoms with Crippen LogP contribution in [-0.4, -0.2) is 42.0 Å². The maximum atomic E-state index is 13.5. The summed E-state index contributed by atoms with van der Waals surface area (Å²) in [6.45, 7) is 4.41. The molecule has 0 saturated heterocycles. The van der Waals surface area contributed by atoms with E-state index >= 15 is 0 Å². The van der Waals surface area contributed by atoms with Crippen LogP contribution in [0.25, 0.3) is 23.3 Å². The average molecular weight is 743 g/mol. The number of hydrogen-bond donors (Lipinski definition) is 0. The first-order valence-corrected chi connectivity index (χ1v) is 20.6. The Morgan fingerprint density at radius 3 is 1.15 bits per heavy atom. The molecule has 0 aliphatic heterocycles. The Morgan fingerprint density at radius 1 is 0.481 bits per heavy atom. The zero-order valence-corrected chi connectivity index (χ0v) is 31.3. The van der Waals surface area contributed by atoms with Crippen LogP contribution in [0.3, 0.4) is 0 Å². The Kier molecular flexibility index (Phi) is 15.2. The molecule has 4 aromatic rings. The highest BCUT2D eigenvalue weighted by Crippen LogP contribution is 2.27. The Hall–Kier alpha value is -4.80. The number of carbonyl (C=O) groups is 2. The van der Waals surface area contributed by atoms with Crippen LogP contribution < -0.4 is 0 Å². The van der Waals surface area contributed by atoms with Crippen molar-refractivity contribution in [2.24, 2.45) is 0 Å². The molecule has 0 aliphatic rings. The van der Waals surface area contributed by atoms with Gasteiger partial charge in [0.2, 0.25) is 19.7 Å². The highest BCUT2D eigenvalue weighted by molar-refractivity contribution is 7.96. The van der Waals surface area contributed by atoms with Gasteiger partial charge in [0.05, 0.1) is 23.0 Å². The summed E-state index contributed by atoms with van der Waals surface area (Å²) in [6, 6.07) is 29.6. The average Bonchev–Trinajstić information content (AvgIpc) is 3.16. The van der Waals surface area contributed by atoms with Gasteiger partial charge in [0.15, 0.2) is 9.81 Å². The van der Waals surface area contributed by atoms with E-state index in [1.807, 2.05) is 0 Å².